The van der Waals surface area contributed by atoms with Gasteiger partial charge in [0.15, 0.2) is 0 Å². The SMILES string of the molecule is CCCNC(Cc1nccn1CC)c1c(C)oc(C)c1C. The number of rotatable bonds is 7. The smallest absolute Gasteiger partial charge is 0.110 e. The molecule has 2 rings (SSSR count). The van der Waals surface area contributed by atoms with E-state index >= 15 is 0 Å². The van der Waals surface area contributed by atoms with E-state index in [1.807, 2.05) is 19.3 Å². The maximum Gasteiger partial charge on any atom is 0.110 e. The summed E-state index contributed by atoms with van der Waals surface area (Å²) in [5.41, 5.74) is 2.56. The lowest BCUT2D eigenvalue weighted by atomic mass is 9.99. The van der Waals surface area contributed by atoms with Gasteiger partial charge in [0.25, 0.3) is 0 Å². The highest BCUT2D eigenvalue weighted by Gasteiger charge is 2.22. The molecule has 0 aliphatic rings. The van der Waals surface area contributed by atoms with Crippen molar-refractivity contribution in [1.29, 1.82) is 0 Å². The summed E-state index contributed by atoms with van der Waals surface area (Å²) >= 11 is 0. The van der Waals surface area contributed by atoms with Gasteiger partial charge in [-0.25, -0.2) is 4.98 Å². The van der Waals surface area contributed by atoms with E-state index in [0.29, 0.717) is 0 Å². The summed E-state index contributed by atoms with van der Waals surface area (Å²) < 4.78 is 8.02. The average molecular weight is 289 g/mol. The Morgan fingerprint density at radius 3 is 2.57 bits per heavy atom. The van der Waals surface area contributed by atoms with Gasteiger partial charge in [-0.1, -0.05) is 6.92 Å². The molecule has 0 radical (unpaired) electrons. The van der Waals surface area contributed by atoms with Crippen LogP contribution in [0.4, 0.5) is 0 Å². The van der Waals surface area contributed by atoms with E-state index < -0.39 is 0 Å². The molecular weight excluding hydrogens is 262 g/mol. The van der Waals surface area contributed by atoms with Gasteiger partial charge in [-0.2, -0.15) is 0 Å². The van der Waals surface area contributed by atoms with Crippen molar-refractivity contribution in [3.8, 4) is 0 Å². The largest absolute Gasteiger partial charge is 0.466 e. The van der Waals surface area contributed by atoms with Crippen LogP contribution in [0.15, 0.2) is 16.8 Å². The predicted molar refractivity (Wildman–Crippen MR) is 85.6 cm³/mol. The fourth-order valence-corrected chi connectivity index (χ4v) is 2.92. The van der Waals surface area contributed by atoms with Crippen LogP contribution in [0.1, 0.15) is 54.8 Å². The highest BCUT2D eigenvalue weighted by atomic mass is 16.3. The Kier molecular flexibility index (Phi) is 5.23. The molecule has 0 aliphatic heterocycles. The van der Waals surface area contributed by atoms with Gasteiger partial charge in [-0.05, 0) is 46.2 Å². The molecule has 116 valence electrons. The third-order valence-electron chi connectivity index (χ3n) is 4.14. The minimum absolute atomic E-state index is 0.259. The predicted octanol–water partition coefficient (Wildman–Crippen LogP) is 3.70. The maximum atomic E-state index is 5.81. The standard InChI is InChI=1S/C17H27N3O/c1-6-8-18-15(11-16-19-9-10-20(16)7-2)17-12(3)13(4)21-14(17)5/h9-10,15,18H,6-8,11H2,1-5H3. The second-order valence-corrected chi connectivity index (χ2v) is 5.59. The highest BCUT2D eigenvalue weighted by Crippen LogP contribution is 2.29. The third kappa shape index (κ3) is 3.38. The molecule has 1 N–H and O–H groups in total. The molecule has 4 heteroatoms. The molecule has 0 amide bonds. The Morgan fingerprint density at radius 1 is 1.24 bits per heavy atom. The summed E-state index contributed by atoms with van der Waals surface area (Å²) in [7, 11) is 0. The molecule has 2 heterocycles. The number of nitrogens with zero attached hydrogens (tertiary/aromatic N) is 2. The first-order chi connectivity index (χ1) is 10.1. The molecule has 0 aromatic carbocycles. The van der Waals surface area contributed by atoms with E-state index in [9.17, 15) is 0 Å². The van der Waals surface area contributed by atoms with Crippen molar-refractivity contribution >= 4 is 0 Å². The van der Waals surface area contributed by atoms with Crippen molar-refractivity contribution in [2.24, 2.45) is 0 Å². The van der Waals surface area contributed by atoms with Crippen LogP contribution < -0.4 is 5.32 Å². The van der Waals surface area contributed by atoms with Gasteiger partial charge >= 0.3 is 0 Å². The van der Waals surface area contributed by atoms with E-state index in [4.69, 9.17) is 4.42 Å². The van der Waals surface area contributed by atoms with Crippen LogP contribution in [0.2, 0.25) is 0 Å². The van der Waals surface area contributed by atoms with Gasteiger partial charge in [0.2, 0.25) is 0 Å². The molecule has 4 nitrogen and oxygen atoms in total. The van der Waals surface area contributed by atoms with E-state index in [1.54, 1.807) is 0 Å². The van der Waals surface area contributed by atoms with Gasteiger partial charge in [0.1, 0.15) is 17.3 Å². The van der Waals surface area contributed by atoms with Crippen molar-refractivity contribution < 1.29 is 4.42 Å². The lowest BCUT2D eigenvalue weighted by Crippen LogP contribution is -2.26. The Hall–Kier alpha value is -1.55. The van der Waals surface area contributed by atoms with Gasteiger partial charge in [0, 0.05) is 37.0 Å². The zero-order chi connectivity index (χ0) is 15.4. The Morgan fingerprint density at radius 2 is 2.00 bits per heavy atom. The second-order valence-electron chi connectivity index (χ2n) is 5.59. The lowest BCUT2D eigenvalue weighted by Gasteiger charge is -2.19. The van der Waals surface area contributed by atoms with E-state index in [-0.39, 0.29) is 6.04 Å². The van der Waals surface area contributed by atoms with E-state index in [0.717, 1.165) is 43.3 Å². The molecule has 1 atom stereocenters. The molecule has 0 aliphatic carbocycles. The molecule has 0 fully saturated rings. The van der Waals surface area contributed by atoms with Crippen LogP contribution in [0.5, 0.6) is 0 Å². The average Bonchev–Trinajstić information content (AvgIpc) is 3.00. The number of hydrogen-bond acceptors (Lipinski definition) is 3. The minimum atomic E-state index is 0.259. The van der Waals surface area contributed by atoms with E-state index in [2.05, 4.69) is 42.6 Å². The zero-order valence-corrected chi connectivity index (χ0v) is 13.9. The lowest BCUT2D eigenvalue weighted by molar-refractivity contribution is 0.472. The zero-order valence-electron chi connectivity index (χ0n) is 13.9. The van der Waals surface area contributed by atoms with E-state index in [1.165, 1.54) is 11.1 Å². The number of furan rings is 1. The van der Waals surface area contributed by atoms with Crippen LogP contribution in [0.25, 0.3) is 0 Å². The Bertz CT molecular complexity index is 583. The summed E-state index contributed by atoms with van der Waals surface area (Å²) in [6, 6.07) is 0.259. The number of imidazole rings is 1. The summed E-state index contributed by atoms with van der Waals surface area (Å²) in [6.07, 6.45) is 5.94. The van der Waals surface area contributed by atoms with Gasteiger partial charge < -0.3 is 14.3 Å². The van der Waals surface area contributed by atoms with Crippen molar-refractivity contribution in [1.82, 2.24) is 14.9 Å². The second kappa shape index (κ2) is 6.94. The van der Waals surface area contributed by atoms with Crippen molar-refractivity contribution in [2.75, 3.05) is 6.54 Å². The number of aryl methyl sites for hydroxylation is 3. The van der Waals surface area contributed by atoms with Crippen molar-refractivity contribution in [3.05, 3.63) is 40.9 Å². The molecule has 2 aromatic heterocycles. The first-order valence-corrected chi connectivity index (χ1v) is 7.88. The van der Waals surface area contributed by atoms with Crippen LogP contribution in [-0.4, -0.2) is 16.1 Å². The van der Waals surface area contributed by atoms with Crippen LogP contribution in [0, 0.1) is 20.8 Å². The Labute approximate surface area is 127 Å². The topological polar surface area (TPSA) is 43.0 Å². The summed E-state index contributed by atoms with van der Waals surface area (Å²) in [5, 5.41) is 3.66. The monoisotopic (exact) mass is 289 g/mol. The molecule has 2 aromatic rings. The van der Waals surface area contributed by atoms with Crippen molar-refractivity contribution in [2.45, 2.75) is 60.0 Å². The fraction of sp³-hybridized carbons (Fsp3) is 0.588. The molecule has 0 saturated carbocycles. The molecule has 0 spiro atoms. The maximum absolute atomic E-state index is 5.81. The summed E-state index contributed by atoms with van der Waals surface area (Å²) in [4.78, 5) is 4.52. The van der Waals surface area contributed by atoms with Crippen LogP contribution in [0.3, 0.4) is 0 Å². The highest BCUT2D eigenvalue weighted by molar-refractivity contribution is 5.34. The molecule has 0 bridgehead atoms. The number of hydrogen-bond donors (Lipinski definition) is 1. The molecular formula is C17H27N3O. The van der Waals surface area contributed by atoms with Gasteiger partial charge in [-0.3, -0.25) is 0 Å². The normalized spacial score (nSPS) is 12.8. The molecule has 21 heavy (non-hydrogen) atoms. The fourth-order valence-electron chi connectivity index (χ4n) is 2.92. The molecule has 1 unspecified atom stereocenters. The number of aromatic nitrogens is 2. The number of nitrogens with one attached hydrogen (secondary N) is 1. The van der Waals surface area contributed by atoms with Crippen LogP contribution >= 0.6 is 0 Å². The first kappa shape index (κ1) is 15.8. The van der Waals surface area contributed by atoms with Crippen molar-refractivity contribution in [3.63, 3.8) is 0 Å². The Balaban J connectivity index is 2.30. The summed E-state index contributed by atoms with van der Waals surface area (Å²) in [6.45, 7) is 12.5. The van der Waals surface area contributed by atoms with Crippen LogP contribution in [-0.2, 0) is 13.0 Å². The quantitative estimate of drug-likeness (QED) is 0.845. The third-order valence-corrected chi connectivity index (χ3v) is 4.14. The van der Waals surface area contributed by atoms with Gasteiger partial charge in [-0.15, -0.1) is 0 Å². The first-order valence-electron chi connectivity index (χ1n) is 7.88. The molecule has 0 saturated heterocycles. The summed E-state index contributed by atoms with van der Waals surface area (Å²) in [5.74, 6) is 3.17. The van der Waals surface area contributed by atoms with Gasteiger partial charge in [0.05, 0.1) is 0 Å². The minimum Gasteiger partial charge on any atom is -0.466 e.